The van der Waals surface area contributed by atoms with Gasteiger partial charge in [-0.05, 0) is 37.5 Å². The maximum absolute atomic E-state index is 13.3. The van der Waals surface area contributed by atoms with Crippen molar-refractivity contribution >= 4 is 17.4 Å². The van der Waals surface area contributed by atoms with Crippen LogP contribution in [-0.4, -0.2) is 51.0 Å². The minimum absolute atomic E-state index is 0.0721. The highest BCUT2D eigenvalue weighted by molar-refractivity contribution is 6.46. The number of aliphatic hydroxyl groups is 1. The fourth-order valence-electron chi connectivity index (χ4n) is 4.67. The lowest BCUT2D eigenvalue weighted by Crippen LogP contribution is -2.31. The summed E-state index contributed by atoms with van der Waals surface area (Å²) < 4.78 is 13.8. The summed E-state index contributed by atoms with van der Waals surface area (Å²) in [5.41, 5.74) is 1.23. The van der Waals surface area contributed by atoms with Gasteiger partial charge in [0.25, 0.3) is 11.7 Å². The molecule has 1 fully saturated rings. The van der Waals surface area contributed by atoms with Crippen LogP contribution in [0.2, 0.25) is 0 Å². The van der Waals surface area contributed by atoms with Crippen LogP contribution in [0.5, 0.6) is 11.5 Å². The first-order valence-corrected chi connectivity index (χ1v) is 13.2. The van der Waals surface area contributed by atoms with Gasteiger partial charge in [0.15, 0.2) is 11.5 Å². The Balaban J connectivity index is 1.71. The highest BCUT2D eigenvalue weighted by Gasteiger charge is 2.46. The van der Waals surface area contributed by atoms with Gasteiger partial charge < -0.3 is 24.0 Å². The van der Waals surface area contributed by atoms with Gasteiger partial charge in [-0.1, -0.05) is 56.2 Å². The number of aliphatic hydroxyl groups excluding tert-OH is 1. The molecule has 1 atom stereocenters. The highest BCUT2D eigenvalue weighted by atomic mass is 16.5. The van der Waals surface area contributed by atoms with E-state index in [-0.39, 0.29) is 11.3 Å². The zero-order chi connectivity index (χ0) is 26.9. The van der Waals surface area contributed by atoms with Crippen molar-refractivity contribution in [2.24, 2.45) is 0 Å². The average molecular weight is 518 g/mol. The van der Waals surface area contributed by atoms with Crippen LogP contribution in [-0.2, 0) is 16.1 Å². The Morgan fingerprint density at radius 2 is 1.79 bits per heavy atom. The van der Waals surface area contributed by atoms with Crippen molar-refractivity contribution in [2.75, 3.05) is 19.8 Å². The minimum atomic E-state index is -0.758. The van der Waals surface area contributed by atoms with E-state index in [0.29, 0.717) is 55.4 Å². The summed E-state index contributed by atoms with van der Waals surface area (Å²) >= 11 is 0. The van der Waals surface area contributed by atoms with Gasteiger partial charge in [-0.3, -0.25) is 9.59 Å². The van der Waals surface area contributed by atoms with Crippen molar-refractivity contribution in [1.82, 2.24) is 14.5 Å². The number of benzene rings is 2. The predicted molar refractivity (Wildman–Crippen MR) is 145 cm³/mol. The van der Waals surface area contributed by atoms with E-state index in [4.69, 9.17) is 9.47 Å². The second kappa shape index (κ2) is 12.9. The zero-order valence-electron chi connectivity index (χ0n) is 22.0. The molecule has 8 nitrogen and oxygen atoms in total. The smallest absolute Gasteiger partial charge is 0.295 e. The van der Waals surface area contributed by atoms with Crippen molar-refractivity contribution in [3.8, 4) is 11.5 Å². The van der Waals surface area contributed by atoms with Crippen molar-refractivity contribution in [3.63, 3.8) is 0 Å². The summed E-state index contributed by atoms with van der Waals surface area (Å²) in [6, 6.07) is 13.6. The molecule has 0 spiro atoms. The Hall–Kier alpha value is -4.07. The molecule has 2 aromatic carbocycles. The Morgan fingerprint density at radius 1 is 0.974 bits per heavy atom. The molecule has 38 heavy (non-hydrogen) atoms. The first-order chi connectivity index (χ1) is 18.5. The number of carbonyl (C=O) groups excluding carboxylic acids is 2. The van der Waals surface area contributed by atoms with Crippen LogP contribution in [0.1, 0.15) is 56.7 Å². The van der Waals surface area contributed by atoms with Crippen molar-refractivity contribution < 1.29 is 24.2 Å². The molecular formula is C30H35N3O5. The first-order valence-electron chi connectivity index (χ1n) is 13.2. The molecule has 3 aromatic rings. The number of hydrogen-bond acceptors (Lipinski definition) is 6. The maximum Gasteiger partial charge on any atom is 0.295 e. The molecule has 1 aromatic heterocycles. The third-order valence-corrected chi connectivity index (χ3v) is 6.55. The Morgan fingerprint density at radius 3 is 2.50 bits per heavy atom. The average Bonchev–Trinajstić information content (AvgIpc) is 3.54. The lowest BCUT2D eigenvalue weighted by molar-refractivity contribution is -0.139. The number of amides is 1. The zero-order valence-corrected chi connectivity index (χ0v) is 22.0. The quantitative estimate of drug-likeness (QED) is 0.142. The minimum Gasteiger partial charge on any atom is -0.507 e. The molecule has 4 rings (SSSR count). The standard InChI is InChI=1S/C30H35N3O5/c1-3-5-9-19-38-24-14-13-23(20-25(24)37-4-2)27-26(28(34)22-11-7-6-8-12-22)29(35)30(36)33(27)17-10-16-32-18-15-31-21-32/h6-8,11-15,18,20-21,27,34H,3-5,9-10,16-17,19H2,1-2H3/b28-26+. The van der Waals surface area contributed by atoms with E-state index in [1.165, 1.54) is 0 Å². The van der Waals surface area contributed by atoms with Gasteiger partial charge >= 0.3 is 0 Å². The first kappa shape index (κ1) is 27.0. The summed E-state index contributed by atoms with van der Waals surface area (Å²) in [5.74, 6) is -0.353. The lowest BCUT2D eigenvalue weighted by atomic mass is 9.95. The van der Waals surface area contributed by atoms with Crippen LogP contribution in [0, 0.1) is 0 Å². The number of aromatic nitrogens is 2. The molecule has 2 heterocycles. The Labute approximate surface area is 223 Å². The van der Waals surface area contributed by atoms with Crippen LogP contribution in [0.3, 0.4) is 0 Å². The third kappa shape index (κ3) is 6.07. The SMILES string of the molecule is CCCCCOc1ccc(C2/C(=C(\O)c3ccccc3)C(=O)C(=O)N2CCCn2ccnc2)cc1OCC. The van der Waals surface area contributed by atoms with Gasteiger partial charge in [0.1, 0.15) is 5.76 Å². The number of aryl methyl sites for hydroxylation is 1. The predicted octanol–water partition coefficient (Wildman–Crippen LogP) is 5.36. The molecular weight excluding hydrogens is 482 g/mol. The largest absolute Gasteiger partial charge is 0.507 e. The second-order valence-electron chi connectivity index (χ2n) is 9.21. The molecule has 200 valence electrons. The second-order valence-corrected chi connectivity index (χ2v) is 9.21. The van der Waals surface area contributed by atoms with E-state index in [2.05, 4.69) is 11.9 Å². The van der Waals surface area contributed by atoms with Gasteiger partial charge in [0.05, 0.1) is 31.2 Å². The fourth-order valence-corrected chi connectivity index (χ4v) is 4.67. The van der Waals surface area contributed by atoms with E-state index >= 15 is 0 Å². The number of ether oxygens (including phenoxy) is 2. The van der Waals surface area contributed by atoms with Crippen LogP contribution >= 0.6 is 0 Å². The summed E-state index contributed by atoms with van der Waals surface area (Å²) in [4.78, 5) is 32.2. The number of rotatable bonds is 13. The number of likely N-dealkylation sites (tertiary alicyclic amines) is 1. The van der Waals surface area contributed by atoms with Gasteiger partial charge in [0, 0.05) is 31.0 Å². The number of hydrogen-bond donors (Lipinski definition) is 1. The van der Waals surface area contributed by atoms with Crippen molar-refractivity contribution in [1.29, 1.82) is 0 Å². The molecule has 0 saturated carbocycles. The Bertz CT molecular complexity index is 1250. The van der Waals surface area contributed by atoms with Gasteiger partial charge in [-0.2, -0.15) is 0 Å². The third-order valence-electron chi connectivity index (χ3n) is 6.55. The van der Waals surface area contributed by atoms with Gasteiger partial charge in [-0.25, -0.2) is 4.98 Å². The summed E-state index contributed by atoms with van der Waals surface area (Å²) in [7, 11) is 0. The lowest BCUT2D eigenvalue weighted by Gasteiger charge is -2.26. The molecule has 1 unspecified atom stereocenters. The molecule has 1 amide bonds. The molecule has 1 N–H and O–H groups in total. The topological polar surface area (TPSA) is 93.9 Å². The molecule has 8 heteroatoms. The summed E-state index contributed by atoms with van der Waals surface area (Å²) in [6.07, 6.45) is 9.01. The molecule has 0 aliphatic carbocycles. The van der Waals surface area contributed by atoms with E-state index in [1.807, 2.05) is 42.0 Å². The fraction of sp³-hybridized carbons (Fsp3) is 0.367. The number of nitrogens with zero attached hydrogens (tertiary/aromatic N) is 3. The van der Waals surface area contributed by atoms with Crippen LogP contribution < -0.4 is 9.47 Å². The summed E-state index contributed by atoms with van der Waals surface area (Å²) in [5, 5.41) is 11.2. The monoisotopic (exact) mass is 517 g/mol. The molecule has 0 radical (unpaired) electrons. The molecule has 1 aliphatic rings. The molecule has 0 bridgehead atoms. The van der Waals surface area contributed by atoms with E-state index in [9.17, 15) is 14.7 Å². The van der Waals surface area contributed by atoms with E-state index < -0.39 is 17.7 Å². The summed E-state index contributed by atoms with van der Waals surface area (Å²) in [6.45, 7) is 6.02. The normalized spacial score (nSPS) is 16.7. The van der Waals surface area contributed by atoms with Crippen LogP contribution in [0.25, 0.3) is 5.76 Å². The van der Waals surface area contributed by atoms with Crippen molar-refractivity contribution in [3.05, 3.63) is 84.0 Å². The van der Waals surface area contributed by atoms with Crippen molar-refractivity contribution in [2.45, 2.75) is 52.1 Å². The van der Waals surface area contributed by atoms with E-state index in [1.54, 1.807) is 41.7 Å². The molecule has 1 saturated heterocycles. The van der Waals surface area contributed by atoms with Crippen LogP contribution in [0.15, 0.2) is 72.8 Å². The number of Topliss-reactive ketones (excluding diaryl/α,β-unsaturated/α-hetero) is 1. The number of carbonyl (C=O) groups is 2. The number of unbranched alkanes of at least 4 members (excludes halogenated alkanes) is 2. The van der Waals surface area contributed by atoms with Crippen LogP contribution in [0.4, 0.5) is 0 Å². The Kier molecular flexibility index (Phi) is 9.19. The van der Waals surface area contributed by atoms with Gasteiger partial charge in [-0.15, -0.1) is 0 Å². The van der Waals surface area contributed by atoms with Gasteiger partial charge in [0.2, 0.25) is 0 Å². The maximum atomic E-state index is 13.3. The molecule has 1 aliphatic heterocycles. The highest BCUT2D eigenvalue weighted by Crippen LogP contribution is 2.42. The number of imidazole rings is 1. The van der Waals surface area contributed by atoms with E-state index in [0.717, 1.165) is 19.3 Å². The number of ketones is 1.